The number of methoxy groups -OCH3 is 3. The van der Waals surface area contributed by atoms with Crippen LogP contribution in [-0.2, 0) is 16.0 Å². The van der Waals surface area contributed by atoms with Crippen LogP contribution in [0.1, 0.15) is 22.8 Å². The highest BCUT2D eigenvalue weighted by atomic mass is 16.5. The summed E-state index contributed by atoms with van der Waals surface area (Å²) in [5, 5.41) is 2.81. The van der Waals surface area contributed by atoms with Crippen molar-refractivity contribution in [1.29, 1.82) is 0 Å². The van der Waals surface area contributed by atoms with Gasteiger partial charge in [0.05, 0.1) is 39.4 Å². The van der Waals surface area contributed by atoms with Crippen molar-refractivity contribution >= 4 is 11.9 Å². The van der Waals surface area contributed by atoms with Gasteiger partial charge in [0, 0.05) is 6.54 Å². The molecule has 0 saturated heterocycles. The van der Waals surface area contributed by atoms with E-state index in [2.05, 4.69) is 5.32 Å². The van der Waals surface area contributed by atoms with E-state index in [0.29, 0.717) is 17.9 Å². The normalized spacial score (nSPS) is 11.3. The third-order valence-corrected chi connectivity index (χ3v) is 4.40. The van der Waals surface area contributed by atoms with Gasteiger partial charge in [-0.3, -0.25) is 9.59 Å². The second kappa shape index (κ2) is 10.9. The lowest BCUT2D eigenvalue weighted by molar-refractivity contribution is -0.147. The Morgan fingerprint density at radius 1 is 0.931 bits per heavy atom. The number of rotatable bonds is 10. The predicted molar refractivity (Wildman–Crippen MR) is 109 cm³/mol. The molecule has 0 fully saturated rings. The zero-order valence-electron chi connectivity index (χ0n) is 17.2. The van der Waals surface area contributed by atoms with E-state index < -0.39 is 5.92 Å². The van der Waals surface area contributed by atoms with Crippen molar-refractivity contribution in [3.05, 3.63) is 53.6 Å². The lowest BCUT2D eigenvalue weighted by Crippen LogP contribution is -2.35. The number of hydrogen-bond donors (Lipinski definition) is 1. The van der Waals surface area contributed by atoms with E-state index in [1.807, 2.05) is 30.3 Å². The molecule has 1 amide bonds. The van der Waals surface area contributed by atoms with Crippen molar-refractivity contribution in [3.63, 3.8) is 0 Å². The number of hydrogen-bond acceptors (Lipinski definition) is 6. The van der Waals surface area contributed by atoms with Gasteiger partial charge in [-0.05, 0) is 31.0 Å². The molecule has 0 aromatic heterocycles. The molecule has 2 aromatic carbocycles. The Kier molecular flexibility index (Phi) is 8.33. The van der Waals surface area contributed by atoms with Crippen molar-refractivity contribution < 1.29 is 28.5 Å². The topological polar surface area (TPSA) is 83.1 Å². The predicted octanol–water partition coefficient (Wildman–Crippen LogP) is 2.86. The molecule has 0 aliphatic carbocycles. The van der Waals surface area contributed by atoms with Crippen LogP contribution in [0.25, 0.3) is 0 Å². The molecule has 7 heteroatoms. The number of amides is 1. The van der Waals surface area contributed by atoms with Gasteiger partial charge in [0.1, 0.15) is 0 Å². The van der Waals surface area contributed by atoms with Crippen LogP contribution in [0.4, 0.5) is 0 Å². The summed E-state index contributed by atoms with van der Waals surface area (Å²) in [6.07, 6.45) is 0.461. The lowest BCUT2D eigenvalue weighted by atomic mass is 9.99. The molecule has 0 heterocycles. The first-order valence-corrected chi connectivity index (χ1v) is 9.33. The summed E-state index contributed by atoms with van der Waals surface area (Å²) in [6.45, 7) is 2.16. The fraction of sp³-hybridized carbons (Fsp3) is 0.364. The van der Waals surface area contributed by atoms with E-state index in [0.717, 1.165) is 5.56 Å². The maximum Gasteiger partial charge on any atom is 0.311 e. The molecule has 2 aromatic rings. The minimum absolute atomic E-state index is 0.129. The lowest BCUT2D eigenvalue weighted by Gasteiger charge is -2.18. The maximum absolute atomic E-state index is 12.8. The maximum atomic E-state index is 12.8. The Morgan fingerprint density at radius 2 is 1.62 bits per heavy atom. The Balaban J connectivity index is 2.18. The van der Waals surface area contributed by atoms with Crippen molar-refractivity contribution in [2.24, 2.45) is 5.92 Å². The third kappa shape index (κ3) is 5.63. The van der Waals surface area contributed by atoms with Gasteiger partial charge in [-0.15, -0.1) is 0 Å². The summed E-state index contributed by atoms with van der Waals surface area (Å²) in [6, 6.07) is 12.8. The zero-order chi connectivity index (χ0) is 21.2. The van der Waals surface area contributed by atoms with E-state index >= 15 is 0 Å². The fourth-order valence-electron chi connectivity index (χ4n) is 2.99. The molecule has 0 aliphatic rings. The van der Waals surface area contributed by atoms with Crippen LogP contribution in [0, 0.1) is 5.92 Å². The van der Waals surface area contributed by atoms with Crippen LogP contribution >= 0.6 is 0 Å². The molecule has 2 rings (SSSR count). The van der Waals surface area contributed by atoms with E-state index in [1.165, 1.54) is 21.3 Å². The van der Waals surface area contributed by atoms with Crippen LogP contribution in [0.5, 0.6) is 17.2 Å². The number of carbonyl (C=O) groups is 2. The molecule has 1 atom stereocenters. The molecule has 156 valence electrons. The highest BCUT2D eigenvalue weighted by Gasteiger charge is 2.24. The van der Waals surface area contributed by atoms with E-state index in [-0.39, 0.29) is 36.3 Å². The third-order valence-electron chi connectivity index (χ3n) is 4.40. The molecular weight excluding hydrogens is 374 g/mol. The van der Waals surface area contributed by atoms with Gasteiger partial charge in [-0.2, -0.15) is 0 Å². The number of benzene rings is 2. The van der Waals surface area contributed by atoms with Gasteiger partial charge < -0.3 is 24.3 Å². The summed E-state index contributed by atoms with van der Waals surface area (Å²) < 4.78 is 21.1. The van der Waals surface area contributed by atoms with Crippen molar-refractivity contribution in [2.75, 3.05) is 34.5 Å². The Hall–Kier alpha value is -3.22. The molecule has 0 spiro atoms. The van der Waals surface area contributed by atoms with Gasteiger partial charge >= 0.3 is 5.97 Å². The highest BCUT2D eigenvalue weighted by molar-refractivity contribution is 5.98. The van der Waals surface area contributed by atoms with Crippen LogP contribution in [0.15, 0.2) is 42.5 Å². The standard InChI is InChI=1S/C22H27NO6/c1-5-29-22(25)16(13-15-9-7-6-8-10-15)14-23-21(24)17-11-12-18(26-2)20(28-4)19(17)27-3/h6-12,16H,5,13-14H2,1-4H3,(H,23,24). The summed E-state index contributed by atoms with van der Waals surface area (Å²) in [4.78, 5) is 25.2. The van der Waals surface area contributed by atoms with Gasteiger partial charge in [-0.25, -0.2) is 0 Å². The monoisotopic (exact) mass is 401 g/mol. The Morgan fingerprint density at radius 3 is 2.21 bits per heavy atom. The molecular formula is C22H27NO6. The Bertz CT molecular complexity index is 822. The van der Waals surface area contributed by atoms with Crippen LogP contribution in [0.3, 0.4) is 0 Å². The second-order valence-corrected chi connectivity index (χ2v) is 6.23. The van der Waals surface area contributed by atoms with Gasteiger partial charge in [0.2, 0.25) is 5.75 Å². The van der Waals surface area contributed by atoms with Gasteiger partial charge in [0.15, 0.2) is 11.5 Å². The molecule has 1 unspecified atom stereocenters. The SMILES string of the molecule is CCOC(=O)C(CNC(=O)c1ccc(OC)c(OC)c1OC)Cc1ccccc1. The molecule has 0 aliphatic heterocycles. The Labute approximate surface area is 170 Å². The minimum Gasteiger partial charge on any atom is -0.493 e. The smallest absolute Gasteiger partial charge is 0.311 e. The quantitative estimate of drug-likeness (QED) is 0.617. The summed E-state index contributed by atoms with van der Waals surface area (Å²) in [7, 11) is 4.42. The second-order valence-electron chi connectivity index (χ2n) is 6.23. The average molecular weight is 401 g/mol. The molecule has 29 heavy (non-hydrogen) atoms. The van der Waals surface area contributed by atoms with Gasteiger partial charge in [0.25, 0.3) is 5.91 Å². The first kappa shape index (κ1) is 22.1. The molecule has 7 nitrogen and oxygen atoms in total. The summed E-state index contributed by atoms with van der Waals surface area (Å²) in [5.74, 6) is -0.197. The first-order chi connectivity index (χ1) is 14.0. The van der Waals surface area contributed by atoms with Crippen molar-refractivity contribution in [1.82, 2.24) is 5.32 Å². The number of nitrogens with one attached hydrogen (secondary N) is 1. The van der Waals surface area contributed by atoms with Crippen molar-refractivity contribution in [3.8, 4) is 17.2 Å². The highest BCUT2D eigenvalue weighted by Crippen LogP contribution is 2.39. The molecule has 0 saturated carbocycles. The summed E-state index contributed by atoms with van der Waals surface area (Å²) >= 11 is 0. The van der Waals surface area contributed by atoms with Crippen LogP contribution in [-0.4, -0.2) is 46.4 Å². The number of esters is 1. The summed E-state index contributed by atoms with van der Waals surface area (Å²) in [5.41, 5.74) is 1.27. The molecule has 0 bridgehead atoms. The van der Waals surface area contributed by atoms with E-state index in [9.17, 15) is 9.59 Å². The fourth-order valence-corrected chi connectivity index (χ4v) is 2.99. The molecule has 1 N–H and O–H groups in total. The van der Waals surface area contributed by atoms with E-state index in [1.54, 1.807) is 19.1 Å². The largest absolute Gasteiger partial charge is 0.493 e. The number of ether oxygens (including phenoxy) is 4. The molecule has 0 radical (unpaired) electrons. The average Bonchev–Trinajstić information content (AvgIpc) is 2.75. The first-order valence-electron chi connectivity index (χ1n) is 9.33. The van der Waals surface area contributed by atoms with Crippen LogP contribution in [0.2, 0.25) is 0 Å². The van der Waals surface area contributed by atoms with Gasteiger partial charge in [-0.1, -0.05) is 30.3 Å². The number of carbonyl (C=O) groups excluding carboxylic acids is 2. The van der Waals surface area contributed by atoms with E-state index in [4.69, 9.17) is 18.9 Å². The zero-order valence-corrected chi connectivity index (χ0v) is 17.2. The van der Waals surface area contributed by atoms with Crippen LogP contribution < -0.4 is 19.5 Å². The minimum atomic E-state index is -0.507. The van der Waals surface area contributed by atoms with Crippen molar-refractivity contribution in [2.45, 2.75) is 13.3 Å².